The largest absolute Gasteiger partial charge is 0.197 e. The van der Waals surface area contributed by atoms with Gasteiger partial charge in [0.2, 0.25) is 0 Å². The van der Waals surface area contributed by atoms with Gasteiger partial charge in [-0.05, 0) is 56.8 Å². The van der Waals surface area contributed by atoms with E-state index in [-0.39, 0.29) is 5.41 Å². The van der Waals surface area contributed by atoms with Gasteiger partial charge in [0.05, 0.1) is 11.5 Å². The Hall–Kier alpha value is -0.770. The highest BCUT2D eigenvalue weighted by atomic mass is 14.4. The van der Waals surface area contributed by atoms with E-state index in [4.69, 9.17) is 0 Å². The van der Waals surface area contributed by atoms with Crippen LogP contribution in [0.3, 0.4) is 0 Å². The summed E-state index contributed by atoms with van der Waals surface area (Å²) in [7, 11) is 0. The van der Waals surface area contributed by atoms with E-state index in [1.54, 1.807) is 0 Å². The molecule has 0 unspecified atom stereocenters. The lowest BCUT2D eigenvalue weighted by Gasteiger charge is -2.39. The second-order valence-electron chi connectivity index (χ2n) is 7.79. The van der Waals surface area contributed by atoms with E-state index in [1.807, 2.05) is 0 Å². The van der Waals surface area contributed by atoms with Crippen LogP contribution >= 0.6 is 0 Å². The summed E-state index contributed by atoms with van der Waals surface area (Å²) in [6.07, 6.45) is 19.2. The summed E-state index contributed by atoms with van der Waals surface area (Å²) >= 11 is 0. The van der Waals surface area contributed by atoms with E-state index < -0.39 is 0 Å². The van der Waals surface area contributed by atoms with Gasteiger partial charge in [-0.2, -0.15) is 5.26 Å². The molecule has 2 aliphatic rings. The number of hydrogen-bond donors (Lipinski definition) is 0. The Morgan fingerprint density at radius 2 is 1.82 bits per heavy atom. The molecule has 1 saturated carbocycles. The van der Waals surface area contributed by atoms with E-state index in [0.29, 0.717) is 0 Å². The summed E-state index contributed by atoms with van der Waals surface area (Å²) in [4.78, 5) is 0. The highest BCUT2D eigenvalue weighted by Gasteiger charge is 2.39. The van der Waals surface area contributed by atoms with Crippen molar-refractivity contribution in [2.75, 3.05) is 0 Å². The molecule has 0 aliphatic heterocycles. The first-order valence-electron chi connectivity index (χ1n) is 9.84. The number of nitriles is 1. The number of hydrogen-bond acceptors (Lipinski definition) is 1. The Labute approximate surface area is 138 Å². The van der Waals surface area contributed by atoms with Gasteiger partial charge in [0.25, 0.3) is 0 Å². The number of rotatable bonds is 7. The highest BCUT2D eigenvalue weighted by Crippen LogP contribution is 2.48. The van der Waals surface area contributed by atoms with Crippen LogP contribution < -0.4 is 0 Å². The molecule has 0 amide bonds. The van der Waals surface area contributed by atoms with Gasteiger partial charge in [-0.1, -0.05) is 64.0 Å². The molecular formula is C21H35N. The molecule has 0 aromatic heterocycles. The van der Waals surface area contributed by atoms with Crippen LogP contribution in [0.25, 0.3) is 0 Å². The fraction of sp³-hybridized carbons (Fsp3) is 0.857. The van der Waals surface area contributed by atoms with E-state index in [9.17, 15) is 5.26 Å². The standard InChI is InChI=1S/C21H35N/c1-3-5-6-8-19-13-15-21(17-22,16-14-19)20-11-9-18(7-4-2)10-12-20/h11,18-19H,3-10,12-16H2,1-2H3/t18-,19-,21+/m0/s1. The number of nitrogens with zero attached hydrogens (tertiary/aromatic N) is 1. The van der Waals surface area contributed by atoms with Gasteiger partial charge >= 0.3 is 0 Å². The lowest BCUT2D eigenvalue weighted by atomic mass is 9.64. The van der Waals surface area contributed by atoms with Crippen molar-refractivity contribution in [3.8, 4) is 6.07 Å². The zero-order valence-electron chi connectivity index (χ0n) is 14.9. The minimum Gasteiger partial charge on any atom is -0.197 e. The van der Waals surface area contributed by atoms with Crippen molar-refractivity contribution in [2.45, 2.75) is 97.3 Å². The van der Waals surface area contributed by atoms with Gasteiger partial charge in [0.1, 0.15) is 0 Å². The van der Waals surface area contributed by atoms with Crippen LogP contribution in [0.5, 0.6) is 0 Å². The van der Waals surface area contributed by atoms with Crippen molar-refractivity contribution in [2.24, 2.45) is 17.3 Å². The third-order valence-electron chi connectivity index (χ3n) is 6.22. The molecule has 1 fully saturated rings. The third-order valence-corrected chi connectivity index (χ3v) is 6.22. The average molecular weight is 302 g/mol. The second-order valence-corrected chi connectivity index (χ2v) is 7.79. The molecule has 0 N–H and O–H groups in total. The number of allylic oxidation sites excluding steroid dienone is 2. The molecule has 124 valence electrons. The SMILES string of the molecule is CCCCC[C@H]1CC[C@@](C#N)(C2=CC[C@H](CCC)CC2)CC1. The first-order valence-corrected chi connectivity index (χ1v) is 9.84. The van der Waals surface area contributed by atoms with Gasteiger partial charge in [-0.3, -0.25) is 0 Å². The molecule has 0 aromatic rings. The van der Waals surface area contributed by atoms with Crippen molar-refractivity contribution in [3.05, 3.63) is 11.6 Å². The van der Waals surface area contributed by atoms with Crippen molar-refractivity contribution in [1.29, 1.82) is 5.26 Å². The summed E-state index contributed by atoms with van der Waals surface area (Å²) in [5.74, 6) is 1.78. The predicted octanol–water partition coefficient (Wildman–Crippen LogP) is 6.79. The van der Waals surface area contributed by atoms with Gasteiger partial charge in [0.15, 0.2) is 0 Å². The summed E-state index contributed by atoms with van der Waals surface area (Å²) < 4.78 is 0. The summed E-state index contributed by atoms with van der Waals surface area (Å²) in [5, 5.41) is 9.87. The molecule has 1 nitrogen and oxygen atoms in total. The molecule has 0 radical (unpaired) electrons. The molecule has 0 saturated heterocycles. The minimum atomic E-state index is -0.0849. The van der Waals surface area contributed by atoms with Gasteiger partial charge in [-0.25, -0.2) is 0 Å². The van der Waals surface area contributed by atoms with Crippen LogP contribution in [0.4, 0.5) is 0 Å². The van der Waals surface area contributed by atoms with Gasteiger partial charge in [-0.15, -0.1) is 0 Å². The van der Waals surface area contributed by atoms with Crippen LogP contribution in [0.1, 0.15) is 97.3 Å². The summed E-state index contributed by atoms with van der Waals surface area (Å²) in [6.45, 7) is 4.57. The van der Waals surface area contributed by atoms with E-state index in [1.165, 1.54) is 76.2 Å². The first-order chi connectivity index (χ1) is 10.7. The van der Waals surface area contributed by atoms with Crippen LogP contribution in [-0.4, -0.2) is 0 Å². The van der Waals surface area contributed by atoms with Crippen LogP contribution in [0.2, 0.25) is 0 Å². The second kappa shape index (κ2) is 8.76. The van der Waals surface area contributed by atoms with Crippen molar-refractivity contribution < 1.29 is 0 Å². The van der Waals surface area contributed by atoms with E-state index in [0.717, 1.165) is 24.7 Å². The fourth-order valence-corrected chi connectivity index (χ4v) is 4.64. The molecular weight excluding hydrogens is 266 g/mol. The molecule has 2 aliphatic carbocycles. The monoisotopic (exact) mass is 301 g/mol. The lowest BCUT2D eigenvalue weighted by Crippen LogP contribution is -2.29. The maximum atomic E-state index is 9.87. The average Bonchev–Trinajstić information content (AvgIpc) is 2.57. The zero-order chi connectivity index (χ0) is 15.8. The van der Waals surface area contributed by atoms with E-state index >= 15 is 0 Å². The normalized spacial score (nSPS) is 32.3. The van der Waals surface area contributed by atoms with Crippen molar-refractivity contribution >= 4 is 0 Å². The maximum Gasteiger partial charge on any atom is 0.0782 e. The zero-order valence-corrected chi connectivity index (χ0v) is 14.9. The van der Waals surface area contributed by atoms with E-state index in [2.05, 4.69) is 26.0 Å². The van der Waals surface area contributed by atoms with Crippen LogP contribution in [-0.2, 0) is 0 Å². The van der Waals surface area contributed by atoms with Crippen LogP contribution in [0, 0.1) is 28.6 Å². The van der Waals surface area contributed by atoms with Crippen LogP contribution in [0.15, 0.2) is 11.6 Å². The Kier molecular flexibility index (Phi) is 7.00. The summed E-state index contributed by atoms with van der Waals surface area (Å²) in [5.41, 5.74) is 1.42. The quantitative estimate of drug-likeness (QED) is 0.375. The molecule has 0 aromatic carbocycles. The Bertz CT molecular complexity index is 393. The highest BCUT2D eigenvalue weighted by molar-refractivity contribution is 5.26. The first kappa shape index (κ1) is 17.6. The molecule has 2 rings (SSSR count). The Balaban J connectivity index is 1.88. The molecule has 1 atom stereocenters. The Morgan fingerprint density at radius 1 is 1.05 bits per heavy atom. The predicted molar refractivity (Wildman–Crippen MR) is 94.5 cm³/mol. The molecule has 0 bridgehead atoms. The minimum absolute atomic E-state index is 0.0849. The van der Waals surface area contributed by atoms with Crippen molar-refractivity contribution in [3.63, 3.8) is 0 Å². The third kappa shape index (κ3) is 4.37. The molecule has 22 heavy (non-hydrogen) atoms. The Morgan fingerprint density at radius 3 is 2.36 bits per heavy atom. The molecule has 1 heteroatoms. The number of unbranched alkanes of at least 4 members (excludes halogenated alkanes) is 2. The van der Waals surface area contributed by atoms with Gasteiger partial charge in [0, 0.05) is 0 Å². The smallest absolute Gasteiger partial charge is 0.0782 e. The summed E-state index contributed by atoms with van der Waals surface area (Å²) in [6, 6.07) is 2.75. The topological polar surface area (TPSA) is 23.8 Å². The fourth-order valence-electron chi connectivity index (χ4n) is 4.64. The molecule has 0 heterocycles. The maximum absolute atomic E-state index is 9.87. The van der Waals surface area contributed by atoms with Crippen molar-refractivity contribution in [1.82, 2.24) is 0 Å². The lowest BCUT2D eigenvalue weighted by molar-refractivity contribution is 0.221. The molecule has 0 spiro atoms. The van der Waals surface area contributed by atoms with Gasteiger partial charge < -0.3 is 0 Å².